The van der Waals surface area contributed by atoms with Gasteiger partial charge in [-0.05, 0) is 13.3 Å². The first-order valence-electron chi connectivity index (χ1n) is 5.15. The van der Waals surface area contributed by atoms with Gasteiger partial charge in [0.2, 0.25) is 0 Å². The molecule has 1 rings (SSSR count). The molecule has 2 atom stereocenters. The molecule has 3 nitrogen and oxygen atoms in total. The monoisotopic (exact) mass is 348 g/mol. The molecule has 0 amide bonds. The van der Waals surface area contributed by atoms with E-state index in [4.69, 9.17) is 25.8 Å². The molecule has 1 heterocycles. The minimum Gasteiger partial charge on any atom is -0.379 e. The molecule has 90 valence electrons. The Morgan fingerprint density at radius 3 is 2.87 bits per heavy atom. The quantitative estimate of drug-likeness (QED) is 0.401. The highest BCUT2D eigenvalue weighted by Gasteiger charge is 2.22. The fourth-order valence-corrected chi connectivity index (χ4v) is 2.24. The zero-order valence-corrected chi connectivity index (χ0v) is 11.9. The number of alkyl halides is 2. The molecule has 0 bridgehead atoms. The molecule has 15 heavy (non-hydrogen) atoms. The Balaban J connectivity index is 2.04. The SMILES string of the molecule is CC(CCl)(CI)OCCOC1CCOC1. The first-order valence-corrected chi connectivity index (χ1v) is 7.21. The molecule has 0 aromatic rings. The van der Waals surface area contributed by atoms with Gasteiger partial charge in [0.25, 0.3) is 0 Å². The maximum Gasteiger partial charge on any atom is 0.0879 e. The highest BCUT2D eigenvalue weighted by molar-refractivity contribution is 14.1. The average molecular weight is 349 g/mol. The van der Waals surface area contributed by atoms with Crippen molar-refractivity contribution < 1.29 is 14.2 Å². The van der Waals surface area contributed by atoms with Crippen LogP contribution in [-0.4, -0.2) is 48.4 Å². The van der Waals surface area contributed by atoms with Gasteiger partial charge in [0.05, 0.1) is 37.4 Å². The Morgan fingerprint density at radius 1 is 1.53 bits per heavy atom. The van der Waals surface area contributed by atoms with Gasteiger partial charge in [-0.3, -0.25) is 0 Å². The van der Waals surface area contributed by atoms with Crippen LogP contribution in [0.4, 0.5) is 0 Å². The lowest BCUT2D eigenvalue weighted by Crippen LogP contribution is -2.34. The normalized spacial score (nSPS) is 25.4. The summed E-state index contributed by atoms with van der Waals surface area (Å²) in [7, 11) is 0. The minimum absolute atomic E-state index is 0.225. The van der Waals surface area contributed by atoms with E-state index in [1.807, 2.05) is 6.92 Å². The third-order valence-electron chi connectivity index (χ3n) is 2.34. The van der Waals surface area contributed by atoms with Crippen molar-refractivity contribution in [2.45, 2.75) is 25.0 Å². The number of rotatable bonds is 7. The van der Waals surface area contributed by atoms with Gasteiger partial charge < -0.3 is 14.2 Å². The maximum absolute atomic E-state index is 5.82. The van der Waals surface area contributed by atoms with Crippen LogP contribution in [-0.2, 0) is 14.2 Å². The van der Waals surface area contributed by atoms with Crippen molar-refractivity contribution in [2.75, 3.05) is 36.7 Å². The zero-order valence-electron chi connectivity index (χ0n) is 9.01. The van der Waals surface area contributed by atoms with E-state index < -0.39 is 0 Å². The van der Waals surface area contributed by atoms with Gasteiger partial charge in [0.15, 0.2) is 0 Å². The van der Waals surface area contributed by atoms with Gasteiger partial charge in [-0.15, -0.1) is 11.6 Å². The minimum atomic E-state index is -0.225. The van der Waals surface area contributed by atoms with Gasteiger partial charge >= 0.3 is 0 Å². The molecule has 0 aromatic carbocycles. The smallest absolute Gasteiger partial charge is 0.0879 e. The van der Waals surface area contributed by atoms with E-state index in [2.05, 4.69) is 22.6 Å². The summed E-state index contributed by atoms with van der Waals surface area (Å²) in [6, 6.07) is 0. The van der Waals surface area contributed by atoms with Gasteiger partial charge in [-0.2, -0.15) is 0 Å². The van der Waals surface area contributed by atoms with Crippen molar-refractivity contribution in [3.8, 4) is 0 Å². The molecule has 2 unspecified atom stereocenters. The topological polar surface area (TPSA) is 27.7 Å². The molecule has 1 fully saturated rings. The van der Waals surface area contributed by atoms with E-state index in [-0.39, 0.29) is 11.7 Å². The van der Waals surface area contributed by atoms with Crippen LogP contribution in [0.15, 0.2) is 0 Å². The van der Waals surface area contributed by atoms with Crippen LogP contribution in [0.5, 0.6) is 0 Å². The molecule has 0 aliphatic carbocycles. The third kappa shape index (κ3) is 5.17. The molecule has 0 N–H and O–H groups in total. The predicted molar refractivity (Wildman–Crippen MR) is 69.1 cm³/mol. The van der Waals surface area contributed by atoms with Crippen LogP contribution in [0.1, 0.15) is 13.3 Å². The molecule has 0 radical (unpaired) electrons. The van der Waals surface area contributed by atoms with Gasteiger partial charge in [-0.25, -0.2) is 0 Å². The summed E-state index contributed by atoms with van der Waals surface area (Å²) in [6.07, 6.45) is 1.26. The fourth-order valence-electron chi connectivity index (χ4n) is 1.26. The molecule has 5 heteroatoms. The van der Waals surface area contributed by atoms with Crippen LogP contribution >= 0.6 is 34.2 Å². The van der Waals surface area contributed by atoms with E-state index in [1.165, 1.54) is 0 Å². The number of hydrogen-bond acceptors (Lipinski definition) is 3. The first-order chi connectivity index (χ1) is 7.20. The lowest BCUT2D eigenvalue weighted by atomic mass is 10.2. The summed E-state index contributed by atoms with van der Waals surface area (Å²) in [4.78, 5) is 0. The Morgan fingerprint density at radius 2 is 2.33 bits per heavy atom. The second kappa shape index (κ2) is 7.27. The number of ether oxygens (including phenoxy) is 3. The summed E-state index contributed by atoms with van der Waals surface area (Å²) in [5.41, 5.74) is -0.225. The Kier molecular flexibility index (Phi) is 6.77. The molecule has 0 aromatic heterocycles. The molecular formula is C10H18ClIO3. The molecule has 0 saturated carbocycles. The molecular weight excluding hydrogens is 330 g/mol. The van der Waals surface area contributed by atoms with Crippen molar-refractivity contribution >= 4 is 34.2 Å². The highest BCUT2D eigenvalue weighted by atomic mass is 127. The largest absolute Gasteiger partial charge is 0.379 e. The first kappa shape index (κ1) is 14.0. The number of halogens is 2. The number of hydrogen-bond donors (Lipinski definition) is 0. The Labute approximate surface area is 110 Å². The zero-order chi connectivity index (χ0) is 11.1. The molecule has 1 aliphatic heterocycles. The van der Waals surface area contributed by atoms with Crippen molar-refractivity contribution in [2.24, 2.45) is 0 Å². The van der Waals surface area contributed by atoms with Crippen LogP contribution in [0.2, 0.25) is 0 Å². The standard InChI is InChI=1S/C10H18ClIO3/c1-10(7-11,8-12)15-5-4-14-9-2-3-13-6-9/h9H,2-8H2,1H3. The Bertz CT molecular complexity index is 170. The van der Waals surface area contributed by atoms with Crippen LogP contribution in [0, 0.1) is 0 Å². The molecule has 0 spiro atoms. The molecule has 1 aliphatic rings. The maximum atomic E-state index is 5.82. The second-order valence-corrected chi connectivity index (χ2v) is 4.95. The van der Waals surface area contributed by atoms with Gasteiger partial charge in [-0.1, -0.05) is 22.6 Å². The van der Waals surface area contributed by atoms with Crippen molar-refractivity contribution in [1.29, 1.82) is 0 Å². The van der Waals surface area contributed by atoms with E-state index in [9.17, 15) is 0 Å². The van der Waals surface area contributed by atoms with Crippen LogP contribution < -0.4 is 0 Å². The lowest BCUT2D eigenvalue weighted by molar-refractivity contribution is -0.0471. The fraction of sp³-hybridized carbons (Fsp3) is 1.00. The second-order valence-electron chi connectivity index (χ2n) is 3.92. The lowest BCUT2D eigenvalue weighted by Gasteiger charge is -2.25. The average Bonchev–Trinajstić information content (AvgIpc) is 2.77. The molecule has 1 saturated heterocycles. The summed E-state index contributed by atoms with van der Waals surface area (Å²) in [5, 5.41) is 0. The van der Waals surface area contributed by atoms with Crippen molar-refractivity contribution in [1.82, 2.24) is 0 Å². The Hall–Kier alpha value is 0.900. The summed E-state index contributed by atoms with van der Waals surface area (Å²) < 4.78 is 17.4. The summed E-state index contributed by atoms with van der Waals surface area (Å²) in [6.45, 7) is 4.78. The summed E-state index contributed by atoms with van der Waals surface area (Å²) >= 11 is 8.11. The van der Waals surface area contributed by atoms with E-state index in [0.717, 1.165) is 24.1 Å². The van der Waals surface area contributed by atoms with E-state index in [0.29, 0.717) is 19.1 Å². The van der Waals surface area contributed by atoms with E-state index in [1.54, 1.807) is 0 Å². The van der Waals surface area contributed by atoms with Crippen LogP contribution in [0.3, 0.4) is 0 Å². The highest BCUT2D eigenvalue weighted by Crippen LogP contribution is 2.16. The van der Waals surface area contributed by atoms with Crippen molar-refractivity contribution in [3.63, 3.8) is 0 Å². The van der Waals surface area contributed by atoms with Crippen molar-refractivity contribution in [3.05, 3.63) is 0 Å². The van der Waals surface area contributed by atoms with Crippen LogP contribution in [0.25, 0.3) is 0 Å². The third-order valence-corrected chi connectivity index (χ3v) is 4.52. The van der Waals surface area contributed by atoms with Gasteiger partial charge in [0.1, 0.15) is 0 Å². The summed E-state index contributed by atoms with van der Waals surface area (Å²) in [5.74, 6) is 0.516. The predicted octanol–water partition coefficient (Wildman–Crippen LogP) is 2.24. The van der Waals surface area contributed by atoms with E-state index >= 15 is 0 Å². The van der Waals surface area contributed by atoms with Gasteiger partial charge in [0, 0.05) is 11.0 Å².